The quantitative estimate of drug-likeness (QED) is 0.936. The van der Waals surface area contributed by atoms with Gasteiger partial charge >= 0.3 is 0 Å². The topological polar surface area (TPSA) is 58.4 Å². The minimum absolute atomic E-state index is 0.0345. The molecule has 0 spiro atoms. The highest BCUT2D eigenvalue weighted by Gasteiger charge is 2.31. The summed E-state index contributed by atoms with van der Waals surface area (Å²) < 4.78 is 5.23. The van der Waals surface area contributed by atoms with Crippen molar-refractivity contribution in [2.24, 2.45) is 0 Å². The van der Waals surface area contributed by atoms with Crippen molar-refractivity contribution >= 4 is 11.7 Å². The van der Waals surface area contributed by atoms with Crippen LogP contribution in [-0.2, 0) is 11.3 Å². The Morgan fingerprint density at radius 1 is 1.52 bits per heavy atom. The van der Waals surface area contributed by atoms with Crippen LogP contribution in [0.5, 0.6) is 0 Å². The van der Waals surface area contributed by atoms with Crippen molar-refractivity contribution in [3.63, 3.8) is 0 Å². The van der Waals surface area contributed by atoms with Gasteiger partial charge in [0.2, 0.25) is 5.91 Å². The summed E-state index contributed by atoms with van der Waals surface area (Å²) in [5.74, 6) is 1.68. The molecule has 0 aliphatic carbocycles. The van der Waals surface area contributed by atoms with Crippen molar-refractivity contribution in [3.8, 4) is 0 Å². The molecule has 1 saturated heterocycles. The molecule has 5 nitrogen and oxygen atoms in total. The lowest BCUT2D eigenvalue weighted by Gasteiger charge is -2.25. The number of hydrogen-bond acceptors (Lipinski definition) is 4. The number of nitrogens with zero attached hydrogens (tertiary/aromatic N) is 2. The second-order valence-electron chi connectivity index (χ2n) is 5.34. The molecule has 0 radical (unpaired) electrons. The van der Waals surface area contributed by atoms with E-state index < -0.39 is 0 Å². The number of aryl methyl sites for hydroxylation is 1. The van der Waals surface area contributed by atoms with Gasteiger partial charge in [0.1, 0.15) is 17.6 Å². The third-order valence-corrected chi connectivity index (χ3v) is 3.77. The molecular formula is C16H19N3O2. The molecule has 0 aromatic carbocycles. The molecule has 3 rings (SSSR count). The molecule has 3 heterocycles. The van der Waals surface area contributed by atoms with Crippen molar-refractivity contribution in [2.75, 3.05) is 11.4 Å². The summed E-state index contributed by atoms with van der Waals surface area (Å²) in [7, 11) is 0. The minimum atomic E-state index is -0.144. The van der Waals surface area contributed by atoms with E-state index in [-0.39, 0.29) is 11.9 Å². The number of aromatic nitrogens is 1. The van der Waals surface area contributed by atoms with Crippen LogP contribution >= 0.6 is 0 Å². The highest BCUT2D eigenvalue weighted by molar-refractivity contribution is 5.85. The number of carbonyl (C=O) groups excluding carboxylic acids is 1. The molecule has 0 unspecified atom stereocenters. The predicted octanol–water partition coefficient (Wildman–Crippen LogP) is 2.27. The Balaban J connectivity index is 1.67. The van der Waals surface area contributed by atoms with E-state index in [1.165, 1.54) is 0 Å². The van der Waals surface area contributed by atoms with Crippen molar-refractivity contribution in [3.05, 3.63) is 48.0 Å². The van der Waals surface area contributed by atoms with E-state index in [0.717, 1.165) is 36.5 Å². The summed E-state index contributed by atoms with van der Waals surface area (Å²) in [6, 6.07) is 7.52. The number of pyridine rings is 1. The molecule has 1 atom stereocenters. The first-order valence-corrected chi connectivity index (χ1v) is 7.23. The maximum atomic E-state index is 12.4. The Morgan fingerprint density at radius 2 is 2.43 bits per heavy atom. The summed E-state index contributed by atoms with van der Waals surface area (Å²) in [4.78, 5) is 18.9. The number of nitrogens with one attached hydrogen (secondary N) is 1. The van der Waals surface area contributed by atoms with Gasteiger partial charge in [-0.15, -0.1) is 0 Å². The fourth-order valence-corrected chi connectivity index (χ4v) is 2.70. The van der Waals surface area contributed by atoms with Crippen LogP contribution in [0.1, 0.15) is 24.2 Å². The van der Waals surface area contributed by atoms with Crippen molar-refractivity contribution in [1.29, 1.82) is 0 Å². The van der Waals surface area contributed by atoms with E-state index in [1.807, 2.05) is 31.2 Å². The van der Waals surface area contributed by atoms with Crippen LogP contribution in [0.15, 0.2) is 41.1 Å². The van der Waals surface area contributed by atoms with E-state index in [9.17, 15) is 4.79 Å². The molecule has 21 heavy (non-hydrogen) atoms. The van der Waals surface area contributed by atoms with Crippen LogP contribution in [0.3, 0.4) is 0 Å². The lowest BCUT2D eigenvalue weighted by Crippen LogP contribution is -2.43. The van der Waals surface area contributed by atoms with Crippen molar-refractivity contribution in [2.45, 2.75) is 32.4 Å². The smallest absolute Gasteiger partial charge is 0.243 e. The lowest BCUT2D eigenvalue weighted by atomic mass is 10.2. The van der Waals surface area contributed by atoms with Gasteiger partial charge in [-0.25, -0.2) is 4.98 Å². The van der Waals surface area contributed by atoms with Crippen molar-refractivity contribution < 1.29 is 9.21 Å². The third-order valence-electron chi connectivity index (χ3n) is 3.77. The summed E-state index contributed by atoms with van der Waals surface area (Å²) in [6.07, 6.45) is 5.27. The Hall–Kier alpha value is -2.30. The van der Waals surface area contributed by atoms with Crippen LogP contribution in [0.4, 0.5) is 5.82 Å². The van der Waals surface area contributed by atoms with Crippen LogP contribution in [0.2, 0.25) is 0 Å². The zero-order valence-corrected chi connectivity index (χ0v) is 12.1. The average Bonchev–Trinajstić information content (AvgIpc) is 3.16. The third kappa shape index (κ3) is 3.07. The lowest BCUT2D eigenvalue weighted by molar-refractivity contribution is -0.122. The molecule has 1 amide bonds. The second kappa shape index (κ2) is 5.99. The fraction of sp³-hybridized carbons (Fsp3) is 0.375. The van der Waals surface area contributed by atoms with E-state index in [2.05, 4.69) is 15.2 Å². The van der Waals surface area contributed by atoms with E-state index >= 15 is 0 Å². The molecule has 110 valence electrons. The SMILES string of the molecule is Cc1ccnc(N2CCC[C@@H]2C(=O)NCc2ccco2)c1. The number of furan rings is 1. The maximum Gasteiger partial charge on any atom is 0.243 e. The van der Waals surface area contributed by atoms with Crippen LogP contribution in [-0.4, -0.2) is 23.5 Å². The Kier molecular flexibility index (Phi) is 3.90. The van der Waals surface area contributed by atoms with Crippen LogP contribution in [0, 0.1) is 6.92 Å². The number of amides is 1. The van der Waals surface area contributed by atoms with Gasteiger partial charge in [-0.2, -0.15) is 0 Å². The minimum Gasteiger partial charge on any atom is -0.467 e. The molecule has 1 fully saturated rings. The second-order valence-corrected chi connectivity index (χ2v) is 5.34. The van der Waals surface area contributed by atoms with Crippen LogP contribution < -0.4 is 10.2 Å². The fourth-order valence-electron chi connectivity index (χ4n) is 2.70. The normalized spacial score (nSPS) is 18.0. The van der Waals surface area contributed by atoms with Gasteiger partial charge in [-0.3, -0.25) is 4.79 Å². The van der Waals surface area contributed by atoms with E-state index in [1.54, 1.807) is 12.5 Å². The Bertz CT molecular complexity index is 610. The number of anilines is 1. The Morgan fingerprint density at radius 3 is 3.19 bits per heavy atom. The highest BCUT2D eigenvalue weighted by Crippen LogP contribution is 2.24. The Labute approximate surface area is 124 Å². The highest BCUT2D eigenvalue weighted by atomic mass is 16.3. The summed E-state index contributed by atoms with van der Waals surface area (Å²) in [5, 5.41) is 2.94. The zero-order chi connectivity index (χ0) is 14.7. The van der Waals surface area contributed by atoms with Gasteiger partial charge in [0, 0.05) is 12.7 Å². The molecule has 2 aromatic rings. The van der Waals surface area contributed by atoms with Crippen molar-refractivity contribution in [1.82, 2.24) is 10.3 Å². The molecule has 2 aromatic heterocycles. The molecule has 0 saturated carbocycles. The zero-order valence-electron chi connectivity index (χ0n) is 12.1. The van der Waals surface area contributed by atoms with Gasteiger partial charge in [0.25, 0.3) is 0 Å². The summed E-state index contributed by atoms with van der Waals surface area (Å²) in [6.45, 7) is 3.33. The molecule has 1 aliphatic heterocycles. The van der Waals surface area contributed by atoms with Gasteiger partial charge in [-0.1, -0.05) is 0 Å². The van der Waals surface area contributed by atoms with Crippen LogP contribution in [0.25, 0.3) is 0 Å². The molecule has 1 N–H and O–H groups in total. The van der Waals surface area contributed by atoms with Gasteiger partial charge in [0.15, 0.2) is 0 Å². The largest absolute Gasteiger partial charge is 0.467 e. The van der Waals surface area contributed by atoms with Gasteiger partial charge in [-0.05, 0) is 49.6 Å². The summed E-state index contributed by atoms with van der Waals surface area (Å²) >= 11 is 0. The molecule has 5 heteroatoms. The number of rotatable bonds is 4. The van der Waals surface area contributed by atoms with E-state index in [0.29, 0.717) is 6.54 Å². The number of carbonyl (C=O) groups is 1. The first-order chi connectivity index (χ1) is 10.2. The maximum absolute atomic E-state index is 12.4. The standard InChI is InChI=1S/C16H19N3O2/c1-12-6-7-17-15(10-12)19-8-2-5-14(19)16(20)18-11-13-4-3-9-21-13/h3-4,6-7,9-10,14H,2,5,8,11H2,1H3,(H,18,20)/t14-/m1/s1. The first-order valence-electron chi connectivity index (χ1n) is 7.23. The van der Waals surface area contributed by atoms with Gasteiger partial charge in [0.05, 0.1) is 12.8 Å². The predicted molar refractivity (Wildman–Crippen MR) is 79.9 cm³/mol. The first kappa shape index (κ1) is 13.7. The monoisotopic (exact) mass is 285 g/mol. The van der Waals surface area contributed by atoms with Gasteiger partial charge < -0.3 is 14.6 Å². The molecule has 1 aliphatic rings. The molecule has 0 bridgehead atoms. The average molecular weight is 285 g/mol. The van der Waals surface area contributed by atoms with E-state index in [4.69, 9.17) is 4.42 Å². The summed E-state index contributed by atoms with van der Waals surface area (Å²) in [5.41, 5.74) is 1.15. The number of hydrogen-bond donors (Lipinski definition) is 1. The molecular weight excluding hydrogens is 266 g/mol.